The van der Waals surface area contributed by atoms with Crippen LogP contribution in [0.3, 0.4) is 0 Å². The van der Waals surface area contributed by atoms with Crippen molar-refractivity contribution in [1.82, 2.24) is 0 Å². The Morgan fingerprint density at radius 3 is 0.230 bits per heavy atom. The van der Waals surface area contributed by atoms with E-state index in [1.165, 1.54) is 398 Å². The zero-order chi connectivity index (χ0) is 53.2. The Balaban J connectivity index is 3.08. The van der Waals surface area contributed by atoms with E-state index in [2.05, 4.69) is 0 Å². The number of hydrogen-bond donors (Lipinski definition) is 2. The van der Waals surface area contributed by atoms with Gasteiger partial charge in [-0.3, -0.25) is 9.59 Å². The van der Waals surface area contributed by atoms with Crippen LogP contribution >= 0.6 is 0 Å². The Morgan fingerprint density at radius 1 is 0.122 bits per heavy atom. The van der Waals surface area contributed by atoms with Gasteiger partial charge >= 0.3 is 11.9 Å². The smallest absolute Gasteiger partial charge is 0.303 e. The Hall–Kier alpha value is -1.06. The molecule has 0 unspecified atom stereocenters. The predicted octanol–water partition coefficient (Wildman–Crippen LogP) is 25.7. The maximum atomic E-state index is 10.5. The molecule has 0 heterocycles. The van der Waals surface area contributed by atoms with E-state index >= 15 is 0 Å². The van der Waals surface area contributed by atoms with Crippen LogP contribution in [0.2, 0.25) is 0 Å². The molecule has 0 aliphatic rings. The van der Waals surface area contributed by atoms with Gasteiger partial charge in [-0.05, 0) is 12.8 Å². The van der Waals surface area contributed by atoms with Gasteiger partial charge in [0, 0.05) is 12.8 Å². The highest BCUT2D eigenvalue weighted by molar-refractivity contribution is 5.66. The molecule has 0 amide bonds. The van der Waals surface area contributed by atoms with Crippen molar-refractivity contribution in [1.29, 1.82) is 0 Å². The maximum absolute atomic E-state index is 10.5. The fourth-order valence-corrected chi connectivity index (χ4v) is 11.9. The number of unbranched alkanes of at least 4 members (excludes halogenated alkanes) is 65. The first-order valence-corrected chi connectivity index (χ1v) is 35.1. The fourth-order valence-electron chi connectivity index (χ4n) is 11.9. The molecule has 0 atom stereocenters. The lowest BCUT2D eigenvalue weighted by Gasteiger charge is -2.05. The highest BCUT2D eigenvalue weighted by Crippen LogP contribution is 2.21. The van der Waals surface area contributed by atoms with Crippen LogP contribution in [0.1, 0.15) is 437 Å². The Morgan fingerprint density at radius 2 is 0.176 bits per heavy atom. The first-order chi connectivity index (χ1) is 36.6. The lowest BCUT2D eigenvalue weighted by molar-refractivity contribution is -0.138. The summed E-state index contributed by atoms with van der Waals surface area (Å²) in [5.74, 6) is -1.29. The van der Waals surface area contributed by atoms with Crippen molar-refractivity contribution in [3.8, 4) is 0 Å². The van der Waals surface area contributed by atoms with E-state index in [0.29, 0.717) is 12.8 Å². The molecule has 0 radical (unpaired) electrons. The minimum Gasteiger partial charge on any atom is -0.481 e. The normalized spacial score (nSPS) is 11.6. The first-order valence-electron chi connectivity index (χ1n) is 35.1. The summed E-state index contributed by atoms with van der Waals surface area (Å²) in [4.78, 5) is 21.1. The number of hydrogen-bond acceptors (Lipinski definition) is 2. The maximum Gasteiger partial charge on any atom is 0.303 e. The van der Waals surface area contributed by atoms with Crippen LogP contribution in [0.5, 0.6) is 0 Å². The Bertz CT molecular complexity index is 946. The number of carbonyl (C=O) groups is 2. The molecule has 0 saturated heterocycles. The molecule has 0 aromatic rings. The second-order valence-electron chi connectivity index (χ2n) is 24.6. The summed E-state index contributed by atoms with van der Waals surface area (Å²) in [7, 11) is 0. The third kappa shape index (κ3) is 70.9. The second kappa shape index (κ2) is 68.0. The van der Waals surface area contributed by atoms with Crippen molar-refractivity contribution in [2.75, 3.05) is 0 Å². The molecule has 0 aromatic carbocycles. The van der Waals surface area contributed by atoms with Gasteiger partial charge < -0.3 is 10.2 Å². The average Bonchev–Trinajstić information content (AvgIpc) is 3.39. The number of aliphatic carboxylic acids is 2. The van der Waals surface area contributed by atoms with E-state index < -0.39 is 11.9 Å². The summed E-state index contributed by atoms with van der Waals surface area (Å²) < 4.78 is 0. The summed E-state index contributed by atoms with van der Waals surface area (Å²) in [5, 5.41) is 17.4. The minimum atomic E-state index is -0.647. The molecule has 442 valence electrons. The van der Waals surface area contributed by atoms with Crippen LogP contribution in [0.25, 0.3) is 0 Å². The van der Waals surface area contributed by atoms with E-state index in [1.54, 1.807) is 0 Å². The van der Waals surface area contributed by atoms with Crippen molar-refractivity contribution in [2.24, 2.45) is 0 Å². The predicted molar refractivity (Wildman–Crippen MR) is 329 cm³/mol. The summed E-state index contributed by atoms with van der Waals surface area (Å²) in [6.45, 7) is 0. The van der Waals surface area contributed by atoms with Gasteiger partial charge in [0.25, 0.3) is 0 Å². The van der Waals surface area contributed by atoms with Crippen LogP contribution in [0.15, 0.2) is 0 Å². The second-order valence-corrected chi connectivity index (χ2v) is 24.6. The third-order valence-corrected chi connectivity index (χ3v) is 17.0. The summed E-state index contributed by atoms with van der Waals surface area (Å²) in [6, 6.07) is 0. The molecule has 0 aliphatic heterocycles. The molecular weight excluding hydrogens is 905 g/mol. The van der Waals surface area contributed by atoms with Gasteiger partial charge in [-0.2, -0.15) is 0 Å². The summed E-state index contributed by atoms with van der Waals surface area (Å²) in [5.41, 5.74) is 0. The Kier molecular flexibility index (Phi) is 67.1. The van der Waals surface area contributed by atoms with E-state index in [4.69, 9.17) is 10.2 Å². The molecule has 0 aliphatic carbocycles. The van der Waals surface area contributed by atoms with Gasteiger partial charge in [-0.15, -0.1) is 0 Å². The molecule has 2 N–H and O–H groups in total. The van der Waals surface area contributed by atoms with E-state index in [-0.39, 0.29) is 0 Å². The molecule has 4 nitrogen and oxygen atoms in total. The largest absolute Gasteiger partial charge is 0.481 e. The molecule has 0 saturated carbocycles. The Labute approximate surface area is 466 Å². The van der Waals surface area contributed by atoms with Crippen molar-refractivity contribution < 1.29 is 19.8 Å². The monoisotopic (exact) mass is 1040 g/mol. The zero-order valence-electron chi connectivity index (χ0n) is 50.8. The number of carboxylic acid groups (broad SMARTS) is 2. The van der Waals surface area contributed by atoms with Gasteiger partial charge in [0.1, 0.15) is 0 Å². The van der Waals surface area contributed by atoms with Crippen LogP contribution in [0, 0.1) is 0 Å². The van der Waals surface area contributed by atoms with Gasteiger partial charge in [0.05, 0.1) is 0 Å². The molecule has 0 aromatic heterocycles. The zero-order valence-corrected chi connectivity index (χ0v) is 50.8. The van der Waals surface area contributed by atoms with Crippen LogP contribution < -0.4 is 0 Å². The van der Waals surface area contributed by atoms with Gasteiger partial charge in [0.2, 0.25) is 0 Å². The van der Waals surface area contributed by atoms with Crippen molar-refractivity contribution >= 4 is 11.9 Å². The van der Waals surface area contributed by atoms with Crippen LogP contribution in [0.4, 0.5) is 0 Å². The van der Waals surface area contributed by atoms with Crippen LogP contribution in [-0.4, -0.2) is 22.2 Å². The number of carboxylic acids is 2. The molecular formula is C70H138O4. The molecule has 0 rings (SSSR count). The lowest BCUT2D eigenvalue weighted by atomic mass is 10.0. The van der Waals surface area contributed by atoms with Crippen LogP contribution in [-0.2, 0) is 9.59 Å². The fraction of sp³-hybridized carbons (Fsp3) is 0.971. The lowest BCUT2D eigenvalue weighted by Crippen LogP contribution is -1.93. The third-order valence-electron chi connectivity index (χ3n) is 17.0. The highest BCUT2D eigenvalue weighted by atomic mass is 16.4. The van der Waals surface area contributed by atoms with Crippen molar-refractivity contribution in [2.45, 2.75) is 437 Å². The van der Waals surface area contributed by atoms with Gasteiger partial charge in [-0.25, -0.2) is 0 Å². The minimum absolute atomic E-state index is 0.345. The highest BCUT2D eigenvalue weighted by Gasteiger charge is 2.02. The molecule has 0 bridgehead atoms. The number of rotatable bonds is 69. The van der Waals surface area contributed by atoms with Crippen molar-refractivity contribution in [3.05, 3.63) is 0 Å². The SMILES string of the molecule is O=C(O)CCCCCCCCCCCCCCCCCCCCCCCCCCCCCCCCCCCCCCCCCCCCCCCCCCCCCCCCCCCCCCCCCCCCC(=O)O. The quantitative estimate of drug-likeness (QED) is 0.0595. The molecule has 0 spiro atoms. The first kappa shape index (κ1) is 72.9. The topological polar surface area (TPSA) is 74.6 Å². The van der Waals surface area contributed by atoms with Gasteiger partial charge in [-0.1, -0.05) is 411 Å². The summed E-state index contributed by atoms with van der Waals surface area (Å²) >= 11 is 0. The van der Waals surface area contributed by atoms with E-state index in [0.717, 1.165) is 25.7 Å². The standard InChI is InChI=1S/C70H138O4/c71-69(72)67-65-63-61-59-57-55-53-51-49-47-45-43-41-39-37-35-33-31-29-27-25-23-21-19-17-15-13-11-9-7-5-3-1-2-4-6-8-10-12-14-16-18-20-22-24-26-28-30-32-34-36-38-40-42-44-46-48-50-52-54-56-58-60-62-64-66-68-70(73)74/h1-68H2,(H,71,72)(H,73,74). The van der Waals surface area contributed by atoms with E-state index in [1.807, 2.05) is 0 Å². The molecule has 4 heteroatoms. The molecule has 74 heavy (non-hydrogen) atoms. The van der Waals surface area contributed by atoms with Crippen molar-refractivity contribution in [3.63, 3.8) is 0 Å². The average molecular weight is 1040 g/mol. The van der Waals surface area contributed by atoms with Gasteiger partial charge in [0.15, 0.2) is 0 Å². The summed E-state index contributed by atoms with van der Waals surface area (Å²) in [6.07, 6.45) is 94.2. The van der Waals surface area contributed by atoms with E-state index in [9.17, 15) is 9.59 Å². The molecule has 0 fully saturated rings.